The number of hydrogen-bond acceptors (Lipinski definition) is 6. The van der Waals surface area contributed by atoms with Crippen molar-refractivity contribution in [1.29, 1.82) is 0 Å². The molecule has 1 heterocycles. The zero-order valence-corrected chi connectivity index (χ0v) is 18.9. The summed E-state index contributed by atoms with van der Waals surface area (Å²) in [6.07, 6.45) is -1.57. The quantitative estimate of drug-likeness (QED) is 0.439. The number of halogens is 1. The number of amides is 2. The van der Waals surface area contributed by atoms with Crippen LogP contribution in [0.3, 0.4) is 0 Å². The zero-order chi connectivity index (χ0) is 24.2. The zero-order valence-electron chi connectivity index (χ0n) is 18.1. The molecule has 2 amide bonds. The van der Waals surface area contributed by atoms with Crippen molar-refractivity contribution in [2.24, 2.45) is 0 Å². The summed E-state index contributed by atoms with van der Waals surface area (Å²) >= 11 is 5.87. The molecule has 4 rings (SSSR count). The van der Waals surface area contributed by atoms with Crippen LogP contribution in [0.2, 0.25) is 5.15 Å². The van der Waals surface area contributed by atoms with Gasteiger partial charge in [-0.1, -0.05) is 60.1 Å². The lowest BCUT2D eigenvalue weighted by molar-refractivity contribution is -0.139. The Balaban J connectivity index is 1.43. The minimum absolute atomic E-state index is 0.0257. The van der Waals surface area contributed by atoms with Crippen LogP contribution in [0, 0.1) is 6.92 Å². The number of anilines is 1. The summed E-state index contributed by atoms with van der Waals surface area (Å²) in [5.41, 5.74) is 4.73. The van der Waals surface area contributed by atoms with Gasteiger partial charge in [0.1, 0.15) is 17.8 Å². The van der Waals surface area contributed by atoms with Gasteiger partial charge in [0, 0.05) is 11.6 Å². The van der Waals surface area contributed by atoms with Gasteiger partial charge in [0.15, 0.2) is 0 Å². The van der Waals surface area contributed by atoms with E-state index in [4.69, 9.17) is 16.3 Å². The smallest absolute Gasteiger partial charge is 0.407 e. The van der Waals surface area contributed by atoms with Gasteiger partial charge in [0.05, 0.1) is 6.42 Å². The molecule has 0 bridgehead atoms. The normalized spacial score (nSPS) is 12.9. The summed E-state index contributed by atoms with van der Waals surface area (Å²) < 4.78 is 5.41. The first-order valence-electron chi connectivity index (χ1n) is 10.5. The molecule has 174 valence electrons. The number of carbonyl (C=O) groups excluding carboxylic acids is 2. The predicted molar refractivity (Wildman–Crippen MR) is 125 cm³/mol. The topological polar surface area (TPSA) is 131 Å². The maximum absolute atomic E-state index is 12.6. The fourth-order valence-corrected chi connectivity index (χ4v) is 4.19. The highest BCUT2D eigenvalue weighted by Gasteiger charge is 2.30. The number of benzene rings is 2. The monoisotopic (exact) mass is 480 g/mol. The van der Waals surface area contributed by atoms with Gasteiger partial charge >= 0.3 is 12.1 Å². The molecule has 2 aromatic carbocycles. The second kappa shape index (κ2) is 9.88. The van der Waals surface area contributed by atoms with E-state index in [-0.39, 0.29) is 23.6 Å². The Morgan fingerprint density at radius 3 is 2.26 bits per heavy atom. The first-order valence-corrected chi connectivity index (χ1v) is 10.8. The molecule has 0 fully saturated rings. The van der Waals surface area contributed by atoms with Crippen molar-refractivity contribution in [2.45, 2.75) is 25.3 Å². The van der Waals surface area contributed by atoms with Crippen LogP contribution < -0.4 is 10.6 Å². The summed E-state index contributed by atoms with van der Waals surface area (Å²) in [6.45, 7) is 1.69. The average molecular weight is 481 g/mol. The van der Waals surface area contributed by atoms with Gasteiger partial charge in [-0.3, -0.25) is 14.9 Å². The molecule has 0 spiro atoms. The number of aliphatic carboxylic acids is 1. The van der Waals surface area contributed by atoms with Gasteiger partial charge in [-0.25, -0.2) is 14.8 Å². The number of ether oxygens (including phenoxy) is 1. The molecule has 0 saturated heterocycles. The maximum atomic E-state index is 12.6. The molecule has 9 nitrogen and oxygen atoms in total. The van der Waals surface area contributed by atoms with Crippen LogP contribution in [0.4, 0.5) is 10.7 Å². The Kier molecular flexibility index (Phi) is 6.74. The molecule has 0 saturated carbocycles. The third-order valence-electron chi connectivity index (χ3n) is 5.39. The van der Waals surface area contributed by atoms with Crippen LogP contribution in [0.25, 0.3) is 11.1 Å². The first kappa shape index (κ1) is 23.2. The Hall–Kier alpha value is -3.98. The highest BCUT2D eigenvalue weighted by molar-refractivity contribution is 6.29. The Morgan fingerprint density at radius 2 is 1.68 bits per heavy atom. The molecule has 0 radical (unpaired) electrons. The fourth-order valence-electron chi connectivity index (χ4n) is 3.95. The van der Waals surface area contributed by atoms with E-state index in [0.29, 0.717) is 5.69 Å². The van der Waals surface area contributed by atoms with Crippen molar-refractivity contribution in [1.82, 2.24) is 15.3 Å². The number of hydrogen-bond donors (Lipinski definition) is 3. The molecule has 1 aromatic heterocycles. The van der Waals surface area contributed by atoms with E-state index in [1.807, 2.05) is 48.5 Å². The molecule has 3 N–H and O–H groups in total. The molecule has 34 heavy (non-hydrogen) atoms. The highest BCUT2D eigenvalue weighted by atomic mass is 35.5. The van der Waals surface area contributed by atoms with Gasteiger partial charge in [-0.05, 0) is 35.2 Å². The first-order chi connectivity index (χ1) is 16.3. The number of carboxylic acid groups (broad SMARTS) is 1. The van der Waals surface area contributed by atoms with Gasteiger partial charge in [0.2, 0.25) is 11.9 Å². The van der Waals surface area contributed by atoms with E-state index >= 15 is 0 Å². The minimum atomic E-state index is -1.41. The lowest BCUT2D eigenvalue weighted by Crippen LogP contribution is -2.45. The summed E-state index contributed by atoms with van der Waals surface area (Å²) in [4.78, 5) is 44.3. The number of rotatable bonds is 7. The van der Waals surface area contributed by atoms with Gasteiger partial charge in [0.25, 0.3) is 0 Å². The van der Waals surface area contributed by atoms with Crippen molar-refractivity contribution in [3.05, 3.63) is 76.6 Å². The van der Waals surface area contributed by atoms with Crippen molar-refractivity contribution in [3.63, 3.8) is 0 Å². The maximum Gasteiger partial charge on any atom is 0.407 e. The summed E-state index contributed by atoms with van der Waals surface area (Å²) in [7, 11) is 0. The van der Waals surface area contributed by atoms with Crippen LogP contribution in [0.5, 0.6) is 0 Å². The number of aryl methyl sites for hydroxylation is 1. The van der Waals surface area contributed by atoms with Crippen molar-refractivity contribution in [2.75, 3.05) is 11.9 Å². The SMILES string of the molecule is Cc1cc(Cl)nc(NC(=O)C(CC(=O)O)NC(=O)OCC2c3ccccc3-c3ccccc32)n1. The van der Waals surface area contributed by atoms with E-state index < -0.39 is 30.4 Å². The molecule has 3 aromatic rings. The number of carboxylic acids is 1. The summed E-state index contributed by atoms with van der Waals surface area (Å²) in [5.74, 6) is -2.35. The van der Waals surface area contributed by atoms with E-state index in [1.165, 1.54) is 6.07 Å². The standard InChI is InChI=1S/C24H21ClN4O5/c1-13-10-20(25)28-23(26-13)29-22(32)19(11-21(30)31)27-24(33)34-12-18-16-8-4-2-6-14(16)15-7-3-5-9-17(15)18/h2-10,18-19H,11-12H2,1H3,(H,27,33)(H,30,31)(H,26,28,29,32). The van der Waals surface area contributed by atoms with E-state index in [1.54, 1.807) is 6.92 Å². The molecule has 1 atom stereocenters. The highest BCUT2D eigenvalue weighted by Crippen LogP contribution is 2.44. The largest absolute Gasteiger partial charge is 0.481 e. The van der Waals surface area contributed by atoms with Crippen molar-refractivity contribution >= 4 is 35.5 Å². The Morgan fingerprint density at radius 1 is 1.06 bits per heavy atom. The van der Waals surface area contributed by atoms with Crippen LogP contribution in [0.1, 0.15) is 29.2 Å². The third-order valence-corrected chi connectivity index (χ3v) is 5.58. The molecule has 0 aliphatic heterocycles. The Bertz CT molecular complexity index is 1200. The summed E-state index contributed by atoms with van der Waals surface area (Å²) in [5, 5.41) is 14.0. The molecular formula is C24H21ClN4O5. The van der Waals surface area contributed by atoms with Crippen LogP contribution in [-0.2, 0) is 14.3 Å². The van der Waals surface area contributed by atoms with Crippen LogP contribution >= 0.6 is 11.6 Å². The molecule has 10 heteroatoms. The van der Waals surface area contributed by atoms with E-state index in [0.717, 1.165) is 22.3 Å². The number of nitrogens with zero attached hydrogens (tertiary/aromatic N) is 2. The van der Waals surface area contributed by atoms with Gasteiger partial charge in [-0.15, -0.1) is 0 Å². The predicted octanol–water partition coefficient (Wildman–Crippen LogP) is 3.76. The van der Waals surface area contributed by atoms with Gasteiger partial charge in [-0.2, -0.15) is 0 Å². The van der Waals surface area contributed by atoms with E-state index in [2.05, 4.69) is 20.6 Å². The number of nitrogens with one attached hydrogen (secondary N) is 2. The fraction of sp³-hybridized carbons (Fsp3) is 0.208. The molecular weight excluding hydrogens is 460 g/mol. The number of fused-ring (bicyclic) bond motifs is 3. The lowest BCUT2D eigenvalue weighted by atomic mass is 9.98. The molecule has 1 aliphatic rings. The number of aromatic nitrogens is 2. The van der Waals surface area contributed by atoms with Crippen molar-refractivity contribution < 1.29 is 24.2 Å². The van der Waals surface area contributed by atoms with E-state index in [9.17, 15) is 19.5 Å². The van der Waals surface area contributed by atoms with Gasteiger partial charge < -0.3 is 15.2 Å². The Labute approximate surface area is 200 Å². The molecule has 1 unspecified atom stereocenters. The molecule has 1 aliphatic carbocycles. The summed E-state index contributed by atoms with van der Waals surface area (Å²) in [6, 6.07) is 15.8. The second-order valence-electron chi connectivity index (χ2n) is 7.77. The van der Waals surface area contributed by atoms with Crippen molar-refractivity contribution in [3.8, 4) is 11.1 Å². The third kappa shape index (κ3) is 5.15. The second-order valence-corrected chi connectivity index (χ2v) is 8.15. The average Bonchev–Trinajstić information content (AvgIpc) is 3.10. The minimum Gasteiger partial charge on any atom is -0.481 e. The van der Waals surface area contributed by atoms with Crippen LogP contribution in [-0.4, -0.2) is 45.7 Å². The van der Waals surface area contributed by atoms with Crippen LogP contribution in [0.15, 0.2) is 54.6 Å². The number of alkyl carbamates (subject to hydrolysis) is 1. The number of carbonyl (C=O) groups is 3. The lowest BCUT2D eigenvalue weighted by Gasteiger charge is -2.18.